The molecule has 1 saturated carbocycles. The molecule has 0 spiro atoms. The van der Waals surface area contributed by atoms with Crippen LogP contribution >= 0.6 is 0 Å². The Bertz CT molecular complexity index is 499. The van der Waals surface area contributed by atoms with Crippen LogP contribution < -0.4 is 5.32 Å². The topological polar surface area (TPSA) is 77.3 Å². The van der Waals surface area contributed by atoms with Gasteiger partial charge in [0.25, 0.3) is 0 Å². The molecule has 1 aromatic heterocycles. The van der Waals surface area contributed by atoms with Gasteiger partial charge in [0.05, 0.1) is 13.2 Å². The Morgan fingerprint density at radius 2 is 2.09 bits per heavy atom. The third-order valence-corrected chi connectivity index (χ3v) is 4.30. The summed E-state index contributed by atoms with van der Waals surface area (Å²) in [4.78, 5) is 12.3. The number of carbonyl (C=O) groups is 1. The first-order chi connectivity index (χ1) is 11.1. The zero-order valence-electron chi connectivity index (χ0n) is 14.6. The van der Waals surface area contributed by atoms with Gasteiger partial charge in [0.15, 0.2) is 0 Å². The van der Waals surface area contributed by atoms with Gasteiger partial charge in [-0.3, -0.25) is 10.1 Å². The second-order valence-corrected chi connectivity index (χ2v) is 6.53. The Morgan fingerprint density at radius 1 is 1.30 bits per heavy atom. The molecule has 130 valence electrons. The molecule has 1 aliphatic carbocycles. The van der Waals surface area contributed by atoms with Crippen LogP contribution in [-0.2, 0) is 16.1 Å². The smallest absolute Gasteiger partial charge is 0.326 e. The lowest BCUT2D eigenvalue weighted by Crippen LogP contribution is -2.50. The molecule has 1 fully saturated rings. The predicted octanol–water partition coefficient (Wildman–Crippen LogP) is 3.33. The molecule has 23 heavy (non-hydrogen) atoms. The summed E-state index contributed by atoms with van der Waals surface area (Å²) in [7, 11) is 0. The number of carbonyl (C=O) groups excluding carboxylic acids is 1. The number of hydrogen-bond donors (Lipinski definition) is 1. The first-order valence-electron chi connectivity index (χ1n) is 8.83. The van der Waals surface area contributed by atoms with Crippen molar-refractivity contribution in [1.29, 1.82) is 0 Å². The minimum Gasteiger partial charge on any atom is -0.465 e. The average Bonchev–Trinajstić information content (AvgIpc) is 3.28. The van der Waals surface area contributed by atoms with Crippen molar-refractivity contribution in [3.05, 3.63) is 11.8 Å². The number of ether oxygens (including phenoxy) is 1. The largest absolute Gasteiger partial charge is 0.465 e. The van der Waals surface area contributed by atoms with Gasteiger partial charge in [-0.2, -0.15) is 0 Å². The maximum absolute atomic E-state index is 12.3. The van der Waals surface area contributed by atoms with Gasteiger partial charge < -0.3 is 9.15 Å². The van der Waals surface area contributed by atoms with Crippen LogP contribution in [0.25, 0.3) is 0 Å². The van der Waals surface area contributed by atoms with Crippen molar-refractivity contribution in [2.24, 2.45) is 0 Å². The molecule has 6 heteroatoms. The third-order valence-electron chi connectivity index (χ3n) is 4.30. The Labute approximate surface area is 138 Å². The Balaban J connectivity index is 1.90. The molecule has 0 unspecified atom stereocenters. The van der Waals surface area contributed by atoms with Crippen LogP contribution in [0.5, 0.6) is 0 Å². The van der Waals surface area contributed by atoms with Crippen molar-refractivity contribution in [1.82, 2.24) is 15.5 Å². The van der Waals surface area contributed by atoms with Gasteiger partial charge in [-0.1, -0.05) is 32.6 Å². The molecule has 0 saturated heterocycles. The summed E-state index contributed by atoms with van der Waals surface area (Å²) in [5.74, 6) is 1.50. The summed E-state index contributed by atoms with van der Waals surface area (Å²) in [6.07, 6.45) is 7.49. The van der Waals surface area contributed by atoms with Gasteiger partial charge in [-0.25, -0.2) is 0 Å². The number of hydrogen-bond acceptors (Lipinski definition) is 6. The zero-order valence-corrected chi connectivity index (χ0v) is 14.6. The van der Waals surface area contributed by atoms with E-state index in [0.717, 1.165) is 38.0 Å². The highest BCUT2D eigenvalue weighted by atomic mass is 16.5. The highest BCUT2D eigenvalue weighted by Crippen LogP contribution is 2.39. The molecule has 2 rings (SSSR count). The fourth-order valence-electron chi connectivity index (χ4n) is 2.56. The van der Waals surface area contributed by atoms with Crippen LogP contribution in [0.2, 0.25) is 0 Å². The first kappa shape index (κ1) is 17.9. The minimum absolute atomic E-state index is 0.210. The van der Waals surface area contributed by atoms with Gasteiger partial charge in [-0.15, -0.1) is 10.2 Å². The number of nitrogens with zero attached hydrogens (tertiary/aromatic N) is 2. The van der Waals surface area contributed by atoms with Crippen molar-refractivity contribution in [3.8, 4) is 0 Å². The van der Waals surface area contributed by atoms with E-state index >= 15 is 0 Å². The molecule has 0 bridgehead atoms. The molecule has 0 amide bonds. The number of aromatic nitrogens is 2. The van der Waals surface area contributed by atoms with E-state index in [1.807, 2.05) is 13.8 Å². The summed E-state index contributed by atoms with van der Waals surface area (Å²) in [5.41, 5.74) is -0.710. The van der Waals surface area contributed by atoms with Crippen molar-refractivity contribution >= 4 is 5.97 Å². The first-order valence-corrected chi connectivity index (χ1v) is 8.83. The van der Waals surface area contributed by atoms with Gasteiger partial charge in [0.2, 0.25) is 11.8 Å². The lowest BCUT2D eigenvalue weighted by molar-refractivity contribution is -0.151. The lowest BCUT2D eigenvalue weighted by atomic mass is 9.94. The molecule has 0 radical (unpaired) electrons. The number of unbranched alkanes of at least 4 members (excludes halogenated alkanes) is 3. The maximum atomic E-state index is 12.3. The predicted molar refractivity (Wildman–Crippen MR) is 86.9 cm³/mol. The Morgan fingerprint density at radius 3 is 2.74 bits per heavy atom. The normalized spacial score (nSPS) is 17.0. The quantitative estimate of drug-likeness (QED) is 0.497. The van der Waals surface area contributed by atoms with E-state index in [0.29, 0.717) is 25.0 Å². The second-order valence-electron chi connectivity index (χ2n) is 6.53. The molecule has 0 aromatic carbocycles. The zero-order chi connectivity index (χ0) is 16.7. The SMILES string of the molecule is CCCCCC[C@@](C)(NCc1nnc(C2CC2)o1)C(=O)OCC. The summed E-state index contributed by atoms with van der Waals surface area (Å²) in [6, 6.07) is 0. The van der Waals surface area contributed by atoms with Gasteiger partial charge in [0.1, 0.15) is 5.54 Å². The molecule has 1 N–H and O–H groups in total. The third kappa shape index (κ3) is 5.30. The van der Waals surface area contributed by atoms with E-state index in [2.05, 4.69) is 22.4 Å². The second kappa shape index (κ2) is 8.43. The monoisotopic (exact) mass is 323 g/mol. The highest BCUT2D eigenvalue weighted by Gasteiger charge is 2.34. The number of nitrogens with one attached hydrogen (secondary N) is 1. The maximum Gasteiger partial charge on any atom is 0.326 e. The standard InChI is InChI=1S/C17H29N3O3/c1-4-6-7-8-11-17(3,16(21)22-5-2)18-12-14-19-20-15(23-14)13-9-10-13/h13,18H,4-12H2,1-3H3/t17-/m1/s1. The molecule has 1 aliphatic rings. The van der Waals surface area contributed by atoms with Crippen LogP contribution in [0.4, 0.5) is 0 Å². The van der Waals surface area contributed by atoms with Crippen LogP contribution in [0.3, 0.4) is 0 Å². The van der Waals surface area contributed by atoms with Crippen molar-refractivity contribution in [3.63, 3.8) is 0 Å². The fourth-order valence-corrected chi connectivity index (χ4v) is 2.56. The number of rotatable bonds is 11. The summed E-state index contributed by atoms with van der Waals surface area (Å²) in [6.45, 7) is 6.68. The van der Waals surface area contributed by atoms with Crippen LogP contribution in [0.15, 0.2) is 4.42 Å². The van der Waals surface area contributed by atoms with E-state index in [-0.39, 0.29) is 5.97 Å². The van der Waals surface area contributed by atoms with E-state index < -0.39 is 5.54 Å². The number of esters is 1. The van der Waals surface area contributed by atoms with E-state index in [1.54, 1.807) is 0 Å². The van der Waals surface area contributed by atoms with Gasteiger partial charge >= 0.3 is 5.97 Å². The van der Waals surface area contributed by atoms with E-state index in [4.69, 9.17) is 9.15 Å². The molecular weight excluding hydrogens is 294 g/mol. The van der Waals surface area contributed by atoms with Gasteiger partial charge in [-0.05, 0) is 33.1 Å². The van der Waals surface area contributed by atoms with Crippen molar-refractivity contribution < 1.29 is 13.9 Å². The van der Waals surface area contributed by atoms with Crippen LogP contribution in [-0.4, -0.2) is 28.3 Å². The van der Waals surface area contributed by atoms with Crippen molar-refractivity contribution in [2.45, 2.75) is 83.7 Å². The molecule has 0 aliphatic heterocycles. The van der Waals surface area contributed by atoms with Gasteiger partial charge in [0, 0.05) is 5.92 Å². The molecule has 1 heterocycles. The fraction of sp³-hybridized carbons (Fsp3) is 0.824. The summed E-state index contributed by atoms with van der Waals surface area (Å²) >= 11 is 0. The van der Waals surface area contributed by atoms with E-state index in [9.17, 15) is 4.79 Å². The highest BCUT2D eigenvalue weighted by molar-refractivity contribution is 5.80. The van der Waals surface area contributed by atoms with E-state index in [1.165, 1.54) is 12.8 Å². The average molecular weight is 323 g/mol. The van der Waals surface area contributed by atoms with Crippen LogP contribution in [0, 0.1) is 0 Å². The molecular formula is C17H29N3O3. The molecule has 1 aromatic rings. The molecule has 1 atom stereocenters. The Hall–Kier alpha value is -1.43. The Kier molecular flexibility index (Phi) is 6.57. The molecule has 6 nitrogen and oxygen atoms in total. The summed E-state index contributed by atoms with van der Waals surface area (Å²) < 4.78 is 10.9. The summed E-state index contributed by atoms with van der Waals surface area (Å²) in [5, 5.41) is 11.4. The van der Waals surface area contributed by atoms with Crippen molar-refractivity contribution in [2.75, 3.05) is 6.61 Å². The van der Waals surface area contributed by atoms with Crippen LogP contribution in [0.1, 0.15) is 83.4 Å². The minimum atomic E-state index is -0.710. The lowest BCUT2D eigenvalue weighted by Gasteiger charge is -2.28.